The number of unbranched alkanes of at least 4 members (excludes halogenated alkanes) is 24. The molecule has 0 aliphatic rings. The molecular weight excluding hydrogens is 661 g/mol. The third-order valence-electron chi connectivity index (χ3n) is 10.4. The highest BCUT2D eigenvalue weighted by atomic mass is 16.5. The second-order valence-corrected chi connectivity index (χ2v) is 15.4. The van der Waals surface area contributed by atoms with Gasteiger partial charge in [-0.3, -0.25) is 9.59 Å². The molecule has 300 valence electrons. The minimum Gasteiger partial charge on any atom is -0.508 e. The van der Waals surface area contributed by atoms with Crippen molar-refractivity contribution in [3.8, 4) is 23.0 Å². The summed E-state index contributed by atoms with van der Waals surface area (Å²) in [5.74, 6) is 0.414. The number of carbonyl (C=O) groups excluding carboxylic acids is 2. The van der Waals surface area contributed by atoms with Crippen molar-refractivity contribution in [1.82, 2.24) is 0 Å². The van der Waals surface area contributed by atoms with Gasteiger partial charge in [-0.05, 0) is 55.4 Å². The van der Waals surface area contributed by atoms with E-state index in [2.05, 4.69) is 13.8 Å². The molecule has 0 saturated heterocycles. The summed E-state index contributed by atoms with van der Waals surface area (Å²) in [6, 6.07) is 10.1. The summed E-state index contributed by atoms with van der Waals surface area (Å²) in [7, 11) is 0. The predicted molar refractivity (Wildman–Crippen MR) is 220 cm³/mol. The molecule has 2 aromatic carbocycles. The molecule has 6 nitrogen and oxygen atoms in total. The van der Waals surface area contributed by atoms with Gasteiger partial charge in [-0.15, -0.1) is 0 Å². The SMILES string of the molecule is CCCCCCCCCCCCCCCC(=O)Oc1ccc(CCCc2ccc(OC(=O)CCCCCCCCCCCCCCC)cc2O)c(O)c1. The second-order valence-electron chi connectivity index (χ2n) is 15.4. The average molecular weight is 737 g/mol. The highest BCUT2D eigenvalue weighted by Gasteiger charge is 2.11. The van der Waals surface area contributed by atoms with Crippen molar-refractivity contribution >= 4 is 11.9 Å². The van der Waals surface area contributed by atoms with Crippen LogP contribution in [0.5, 0.6) is 23.0 Å². The van der Waals surface area contributed by atoms with Crippen molar-refractivity contribution < 1.29 is 29.3 Å². The molecule has 0 aliphatic carbocycles. The lowest BCUT2D eigenvalue weighted by Crippen LogP contribution is -2.07. The minimum atomic E-state index is -0.260. The highest BCUT2D eigenvalue weighted by Crippen LogP contribution is 2.28. The van der Waals surface area contributed by atoms with Crippen LogP contribution in [0.2, 0.25) is 0 Å². The van der Waals surface area contributed by atoms with Crippen LogP contribution in [0.4, 0.5) is 0 Å². The first-order valence-corrected chi connectivity index (χ1v) is 22.0. The largest absolute Gasteiger partial charge is 0.508 e. The summed E-state index contributed by atoms with van der Waals surface area (Å²) >= 11 is 0. The molecule has 6 heteroatoms. The lowest BCUT2D eigenvalue weighted by atomic mass is 10.0. The molecule has 53 heavy (non-hydrogen) atoms. The fourth-order valence-electron chi connectivity index (χ4n) is 7.05. The van der Waals surface area contributed by atoms with Gasteiger partial charge >= 0.3 is 11.9 Å². The normalized spacial score (nSPS) is 11.2. The molecule has 0 aliphatic heterocycles. The molecule has 0 spiro atoms. The van der Waals surface area contributed by atoms with E-state index < -0.39 is 0 Å². The third kappa shape index (κ3) is 24.1. The van der Waals surface area contributed by atoms with Crippen molar-refractivity contribution in [3.05, 3.63) is 47.5 Å². The quantitative estimate of drug-likeness (QED) is 0.0422. The van der Waals surface area contributed by atoms with Crippen LogP contribution in [0, 0.1) is 0 Å². The van der Waals surface area contributed by atoms with Crippen molar-refractivity contribution in [2.75, 3.05) is 0 Å². The Kier molecular flexibility index (Phi) is 27.3. The number of hydrogen-bond donors (Lipinski definition) is 2. The van der Waals surface area contributed by atoms with E-state index in [1.54, 1.807) is 24.3 Å². The van der Waals surface area contributed by atoms with Crippen LogP contribution in [0.15, 0.2) is 36.4 Å². The van der Waals surface area contributed by atoms with Crippen LogP contribution in [-0.4, -0.2) is 22.2 Å². The number of hydrogen-bond acceptors (Lipinski definition) is 6. The number of benzene rings is 2. The van der Waals surface area contributed by atoms with Gasteiger partial charge in [0.15, 0.2) is 0 Å². The van der Waals surface area contributed by atoms with Gasteiger partial charge in [0.1, 0.15) is 23.0 Å². The monoisotopic (exact) mass is 737 g/mol. The van der Waals surface area contributed by atoms with Gasteiger partial charge < -0.3 is 19.7 Å². The maximum Gasteiger partial charge on any atom is 0.311 e. The van der Waals surface area contributed by atoms with E-state index >= 15 is 0 Å². The molecular formula is C47H76O6. The molecule has 2 N–H and O–H groups in total. The zero-order valence-electron chi connectivity index (χ0n) is 33.9. The first kappa shape index (κ1) is 46.1. The lowest BCUT2D eigenvalue weighted by Gasteiger charge is -2.10. The van der Waals surface area contributed by atoms with E-state index in [4.69, 9.17) is 9.47 Å². The molecule has 0 aromatic heterocycles. The van der Waals surface area contributed by atoms with Crippen LogP contribution < -0.4 is 9.47 Å². The Balaban J connectivity index is 1.53. The molecule has 0 saturated carbocycles. The minimum absolute atomic E-state index is 0.103. The lowest BCUT2D eigenvalue weighted by molar-refractivity contribution is -0.135. The number of aryl methyl sites for hydroxylation is 2. The molecule has 0 amide bonds. The van der Waals surface area contributed by atoms with E-state index in [0.717, 1.165) is 49.7 Å². The molecule has 0 heterocycles. The molecule has 0 radical (unpaired) electrons. The smallest absolute Gasteiger partial charge is 0.311 e. The topological polar surface area (TPSA) is 93.1 Å². The second kappa shape index (κ2) is 31.3. The van der Waals surface area contributed by atoms with Gasteiger partial charge in [0.25, 0.3) is 0 Å². The maximum absolute atomic E-state index is 12.3. The van der Waals surface area contributed by atoms with Gasteiger partial charge in [0.05, 0.1) is 0 Å². The number of esters is 2. The number of carbonyl (C=O) groups is 2. The summed E-state index contributed by atoms with van der Waals surface area (Å²) in [6.45, 7) is 4.52. The highest BCUT2D eigenvalue weighted by molar-refractivity contribution is 5.73. The standard InChI is InChI=1S/C47H76O6/c1-3-5-7-9-11-13-15-17-19-21-23-25-27-32-46(50)52-42-36-34-40(44(48)38-42)30-29-31-41-35-37-43(39-45(41)49)53-47(51)33-28-26-24-22-20-18-16-14-12-10-8-6-4-2/h34-39,48-49H,3-33H2,1-2H3. The Morgan fingerprint density at radius 3 is 0.981 bits per heavy atom. The van der Waals surface area contributed by atoms with Gasteiger partial charge in [-0.25, -0.2) is 0 Å². The van der Waals surface area contributed by atoms with Gasteiger partial charge in [-0.2, -0.15) is 0 Å². The number of rotatable bonds is 34. The van der Waals surface area contributed by atoms with E-state index in [-0.39, 0.29) is 23.4 Å². The van der Waals surface area contributed by atoms with Crippen LogP contribution in [0.3, 0.4) is 0 Å². The average Bonchev–Trinajstić information content (AvgIpc) is 3.14. The van der Waals surface area contributed by atoms with E-state index in [0.29, 0.717) is 43.6 Å². The van der Waals surface area contributed by atoms with Crippen molar-refractivity contribution in [2.45, 2.75) is 213 Å². The first-order chi connectivity index (χ1) is 25.9. The number of phenols is 2. The van der Waals surface area contributed by atoms with Gasteiger partial charge in [-0.1, -0.05) is 180 Å². The summed E-state index contributed by atoms with van der Waals surface area (Å²) in [5, 5.41) is 21.1. The van der Waals surface area contributed by atoms with Crippen LogP contribution in [0.25, 0.3) is 0 Å². The fraction of sp³-hybridized carbons (Fsp3) is 0.702. The van der Waals surface area contributed by atoms with Crippen LogP contribution in [-0.2, 0) is 22.4 Å². The van der Waals surface area contributed by atoms with E-state index in [9.17, 15) is 19.8 Å². The fourth-order valence-corrected chi connectivity index (χ4v) is 7.05. The third-order valence-corrected chi connectivity index (χ3v) is 10.4. The van der Waals surface area contributed by atoms with E-state index in [1.807, 2.05) is 0 Å². The molecule has 2 aromatic rings. The van der Waals surface area contributed by atoms with Crippen LogP contribution in [0.1, 0.15) is 211 Å². The van der Waals surface area contributed by atoms with Crippen LogP contribution >= 0.6 is 0 Å². The molecule has 0 atom stereocenters. The molecule has 2 rings (SSSR count). The molecule has 0 bridgehead atoms. The summed E-state index contributed by atoms with van der Waals surface area (Å²) in [6.07, 6.45) is 35.5. The van der Waals surface area contributed by atoms with Gasteiger partial charge in [0.2, 0.25) is 0 Å². The van der Waals surface area contributed by atoms with Gasteiger partial charge in [0, 0.05) is 25.0 Å². The Morgan fingerprint density at radius 1 is 0.415 bits per heavy atom. The Hall–Kier alpha value is -3.02. The van der Waals surface area contributed by atoms with E-state index in [1.165, 1.54) is 141 Å². The van der Waals surface area contributed by atoms with Crippen molar-refractivity contribution in [1.29, 1.82) is 0 Å². The number of ether oxygens (including phenoxy) is 2. The summed E-state index contributed by atoms with van der Waals surface area (Å²) in [4.78, 5) is 24.7. The first-order valence-electron chi connectivity index (χ1n) is 22.0. The summed E-state index contributed by atoms with van der Waals surface area (Å²) < 4.78 is 11.0. The zero-order chi connectivity index (χ0) is 38.2. The summed E-state index contributed by atoms with van der Waals surface area (Å²) in [5.41, 5.74) is 1.53. The Labute approximate surface area is 323 Å². The number of phenolic OH excluding ortho intramolecular Hbond substituents is 2. The predicted octanol–water partition coefficient (Wildman–Crippen LogP) is 14.0. The Bertz CT molecular complexity index is 1130. The zero-order valence-corrected chi connectivity index (χ0v) is 33.9. The number of aromatic hydroxyl groups is 2. The van der Waals surface area contributed by atoms with Crippen molar-refractivity contribution in [2.24, 2.45) is 0 Å². The Morgan fingerprint density at radius 2 is 0.698 bits per heavy atom. The maximum atomic E-state index is 12.3. The van der Waals surface area contributed by atoms with Crippen molar-refractivity contribution in [3.63, 3.8) is 0 Å². The molecule has 0 unspecified atom stereocenters. The molecule has 0 fully saturated rings.